The van der Waals surface area contributed by atoms with E-state index in [0.29, 0.717) is 6.04 Å². The molecule has 0 bridgehead atoms. The van der Waals surface area contributed by atoms with Crippen molar-refractivity contribution in [2.45, 2.75) is 31.8 Å². The predicted molar refractivity (Wildman–Crippen MR) is 97.4 cm³/mol. The fourth-order valence-electron chi connectivity index (χ4n) is 3.13. The molecule has 3 rings (SSSR count). The highest BCUT2D eigenvalue weighted by Gasteiger charge is 2.29. The zero-order valence-electron chi connectivity index (χ0n) is 15.0. The molecule has 132 valence electrons. The lowest BCUT2D eigenvalue weighted by Crippen LogP contribution is -2.54. The van der Waals surface area contributed by atoms with Crippen molar-refractivity contribution in [2.24, 2.45) is 4.99 Å². The summed E-state index contributed by atoms with van der Waals surface area (Å²) >= 11 is 0. The zero-order chi connectivity index (χ0) is 16.9. The maximum absolute atomic E-state index is 4.46. The van der Waals surface area contributed by atoms with Crippen LogP contribution >= 0.6 is 0 Å². The van der Waals surface area contributed by atoms with E-state index in [4.69, 9.17) is 0 Å². The van der Waals surface area contributed by atoms with Crippen molar-refractivity contribution in [1.82, 2.24) is 25.1 Å². The van der Waals surface area contributed by atoms with Crippen LogP contribution in [0.15, 0.2) is 23.5 Å². The monoisotopic (exact) mass is 331 g/mol. The topological polar surface area (TPSA) is 59.9 Å². The molecule has 0 spiro atoms. The van der Waals surface area contributed by atoms with E-state index in [9.17, 15) is 0 Å². The minimum absolute atomic E-state index is 0.522. The van der Waals surface area contributed by atoms with Crippen LogP contribution in [0.2, 0.25) is 0 Å². The SMILES string of the molecule is CN=C(NCC(C)N(C)C1CC1)N1CCN(c2ncccn2)CC1. The molecule has 0 radical (unpaired) electrons. The lowest BCUT2D eigenvalue weighted by atomic mass is 10.3. The Morgan fingerprint density at radius 2 is 1.96 bits per heavy atom. The fraction of sp³-hybridized carbons (Fsp3) is 0.706. The molecule has 7 heteroatoms. The number of nitrogens with one attached hydrogen (secondary N) is 1. The van der Waals surface area contributed by atoms with Gasteiger partial charge in [0.1, 0.15) is 0 Å². The van der Waals surface area contributed by atoms with Gasteiger partial charge in [0.05, 0.1) is 0 Å². The van der Waals surface area contributed by atoms with Crippen LogP contribution < -0.4 is 10.2 Å². The van der Waals surface area contributed by atoms with Crippen molar-refractivity contribution in [3.8, 4) is 0 Å². The van der Waals surface area contributed by atoms with Crippen LogP contribution in [0.4, 0.5) is 5.95 Å². The summed E-state index contributed by atoms with van der Waals surface area (Å²) in [6, 6.07) is 3.16. The van der Waals surface area contributed by atoms with Crippen LogP contribution in [0.1, 0.15) is 19.8 Å². The smallest absolute Gasteiger partial charge is 0.225 e. The maximum atomic E-state index is 4.46. The number of guanidine groups is 1. The standard InChI is InChI=1S/C17H29N7/c1-14(22(3)15-5-6-15)13-21-16(18-2)23-9-11-24(12-10-23)17-19-7-4-8-20-17/h4,7-8,14-15H,5-6,9-13H2,1-3H3,(H,18,21). The van der Waals surface area contributed by atoms with Gasteiger partial charge in [-0.2, -0.15) is 0 Å². The predicted octanol–water partition coefficient (Wildman–Crippen LogP) is 0.657. The summed E-state index contributed by atoms with van der Waals surface area (Å²) in [5.74, 6) is 1.82. The molecule has 7 nitrogen and oxygen atoms in total. The fourth-order valence-corrected chi connectivity index (χ4v) is 3.13. The first-order valence-electron chi connectivity index (χ1n) is 8.88. The van der Waals surface area contributed by atoms with Gasteiger partial charge in [-0.05, 0) is 32.9 Å². The van der Waals surface area contributed by atoms with Gasteiger partial charge in [-0.3, -0.25) is 9.89 Å². The summed E-state index contributed by atoms with van der Waals surface area (Å²) in [5, 5.41) is 3.54. The lowest BCUT2D eigenvalue weighted by Gasteiger charge is -2.37. The first-order valence-corrected chi connectivity index (χ1v) is 8.88. The Morgan fingerprint density at radius 3 is 2.54 bits per heavy atom. The van der Waals surface area contributed by atoms with Gasteiger partial charge in [0.15, 0.2) is 5.96 Å². The quantitative estimate of drug-likeness (QED) is 0.632. The average molecular weight is 331 g/mol. The molecule has 1 aromatic heterocycles. The summed E-state index contributed by atoms with van der Waals surface area (Å²) in [6.07, 6.45) is 6.29. The molecule has 1 aromatic rings. The summed E-state index contributed by atoms with van der Waals surface area (Å²) in [7, 11) is 4.09. The Morgan fingerprint density at radius 1 is 1.29 bits per heavy atom. The summed E-state index contributed by atoms with van der Waals surface area (Å²) in [5.41, 5.74) is 0. The van der Waals surface area contributed by atoms with Crippen LogP contribution in [0.25, 0.3) is 0 Å². The highest BCUT2D eigenvalue weighted by Crippen LogP contribution is 2.26. The zero-order valence-corrected chi connectivity index (χ0v) is 15.0. The molecular weight excluding hydrogens is 302 g/mol. The van der Waals surface area contributed by atoms with E-state index in [1.54, 1.807) is 12.4 Å². The number of nitrogens with zero attached hydrogens (tertiary/aromatic N) is 6. The van der Waals surface area contributed by atoms with Crippen molar-refractivity contribution < 1.29 is 0 Å². The number of hydrogen-bond donors (Lipinski definition) is 1. The van der Waals surface area contributed by atoms with Gasteiger partial charge < -0.3 is 15.1 Å². The largest absolute Gasteiger partial charge is 0.355 e. The Kier molecular flexibility index (Phi) is 5.50. The van der Waals surface area contributed by atoms with Crippen LogP contribution in [-0.2, 0) is 0 Å². The normalized spacial score (nSPS) is 20.4. The Hall–Kier alpha value is -1.89. The highest BCUT2D eigenvalue weighted by atomic mass is 15.4. The van der Waals surface area contributed by atoms with E-state index >= 15 is 0 Å². The molecule has 1 aliphatic heterocycles. The van der Waals surface area contributed by atoms with Crippen LogP contribution in [-0.4, -0.2) is 84.6 Å². The van der Waals surface area contributed by atoms with Gasteiger partial charge in [-0.1, -0.05) is 0 Å². The van der Waals surface area contributed by atoms with Crippen molar-refractivity contribution in [3.05, 3.63) is 18.5 Å². The molecule has 1 atom stereocenters. The van der Waals surface area contributed by atoms with E-state index in [2.05, 4.69) is 48.9 Å². The number of likely N-dealkylation sites (N-methyl/N-ethyl adjacent to an activating group) is 1. The molecule has 1 N–H and O–H groups in total. The average Bonchev–Trinajstić information content (AvgIpc) is 3.48. The highest BCUT2D eigenvalue weighted by molar-refractivity contribution is 5.80. The Balaban J connectivity index is 1.47. The first-order chi connectivity index (χ1) is 11.7. The van der Waals surface area contributed by atoms with E-state index in [1.807, 2.05) is 13.1 Å². The van der Waals surface area contributed by atoms with Crippen LogP contribution in [0.3, 0.4) is 0 Å². The molecule has 2 aliphatic rings. The number of aromatic nitrogens is 2. The molecule has 1 saturated carbocycles. The molecule has 0 aromatic carbocycles. The molecule has 2 heterocycles. The summed E-state index contributed by atoms with van der Waals surface area (Å²) < 4.78 is 0. The summed E-state index contributed by atoms with van der Waals surface area (Å²) in [6.45, 7) is 6.92. The third-order valence-electron chi connectivity index (χ3n) is 5.00. The maximum Gasteiger partial charge on any atom is 0.225 e. The molecule has 0 amide bonds. The summed E-state index contributed by atoms with van der Waals surface area (Å²) in [4.78, 5) is 20.2. The number of rotatable bonds is 5. The van der Waals surface area contributed by atoms with Gasteiger partial charge in [0.25, 0.3) is 0 Å². The molecule has 1 unspecified atom stereocenters. The Bertz CT molecular complexity index is 535. The van der Waals surface area contributed by atoms with Gasteiger partial charge in [-0.25, -0.2) is 9.97 Å². The van der Waals surface area contributed by atoms with Gasteiger partial charge in [-0.15, -0.1) is 0 Å². The van der Waals surface area contributed by atoms with Gasteiger partial charge in [0, 0.05) is 64.2 Å². The molecule has 24 heavy (non-hydrogen) atoms. The molecule has 1 saturated heterocycles. The molecular formula is C17H29N7. The van der Waals surface area contributed by atoms with E-state index in [0.717, 1.165) is 50.7 Å². The number of piperazine rings is 1. The van der Waals surface area contributed by atoms with Gasteiger partial charge in [0.2, 0.25) is 5.95 Å². The van der Waals surface area contributed by atoms with Crippen LogP contribution in [0.5, 0.6) is 0 Å². The minimum atomic E-state index is 0.522. The van der Waals surface area contributed by atoms with Crippen molar-refractivity contribution in [3.63, 3.8) is 0 Å². The molecule has 2 fully saturated rings. The van der Waals surface area contributed by atoms with E-state index in [-0.39, 0.29) is 0 Å². The number of aliphatic imine (C=N–C) groups is 1. The lowest BCUT2D eigenvalue weighted by molar-refractivity contribution is 0.245. The van der Waals surface area contributed by atoms with Crippen molar-refractivity contribution >= 4 is 11.9 Å². The van der Waals surface area contributed by atoms with Crippen LogP contribution in [0, 0.1) is 0 Å². The van der Waals surface area contributed by atoms with Gasteiger partial charge >= 0.3 is 0 Å². The third kappa shape index (κ3) is 4.14. The third-order valence-corrected chi connectivity index (χ3v) is 5.00. The first kappa shape index (κ1) is 17.0. The van der Waals surface area contributed by atoms with Crippen molar-refractivity contribution in [2.75, 3.05) is 51.7 Å². The second-order valence-electron chi connectivity index (χ2n) is 6.70. The number of hydrogen-bond acceptors (Lipinski definition) is 5. The second kappa shape index (κ2) is 7.79. The molecule has 1 aliphatic carbocycles. The van der Waals surface area contributed by atoms with E-state index in [1.165, 1.54) is 12.8 Å². The number of anilines is 1. The Labute approximate surface area is 144 Å². The van der Waals surface area contributed by atoms with E-state index < -0.39 is 0 Å². The van der Waals surface area contributed by atoms with Crippen molar-refractivity contribution in [1.29, 1.82) is 0 Å². The second-order valence-corrected chi connectivity index (χ2v) is 6.70. The minimum Gasteiger partial charge on any atom is -0.355 e.